The van der Waals surface area contributed by atoms with Gasteiger partial charge in [-0.1, -0.05) is 29.8 Å². The summed E-state index contributed by atoms with van der Waals surface area (Å²) in [6.07, 6.45) is 1.23. The molecule has 1 amide bonds. The second-order valence-electron chi connectivity index (χ2n) is 6.14. The number of hydrogen-bond donors (Lipinski definition) is 1. The molecule has 0 spiro atoms. The number of carbonyl (C=O) groups is 1. The van der Waals surface area contributed by atoms with Crippen LogP contribution < -0.4 is 15.6 Å². The van der Waals surface area contributed by atoms with E-state index < -0.39 is 11.5 Å². The molecule has 1 aromatic heterocycles. The van der Waals surface area contributed by atoms with Gasteiger partial charge in [-0.25, -0.2) is 4.98 Å². The molecule has 1 N–H and O–H groups in total. The quantitative estimate of drug-likeness (QED) is 0.741. The van der Waals surface area contributed by atoms with Crippen molar-refractivity contribution in [1.82, 2.24) is 9.55 Å². The Morgan fingerprint density at radius 2 is 1.86 bits per heavy atom. The van der Waals surface area contributed by atoms with Crippen LogP contribution in [0.25, 0.3) is 11.4 Å². The lowest BCUT2D eigenvalue weighted by molar-refractivity contribution is -0.116. The van der Waals surface area contributed by atoms with E-state index in [-0.39, 0.29) is 12.1 Å². The van der Waals surface area contributed by atoms with Crippen LogP contribution in [-0.2, 0) is 11.3 Å². The van der Waals surface area contributed by atoms with Crippen LogP contribution in [0, 0.1) is 18.3 Å². The summed E-state index contributed by atoms with van der Waals surface area (Å²) >= 11 is 0. The summed E-state index contributed by atoms with van der Waals surface area (Å²) in [4.78, 5) is 29.4. The maximum absolute atomic E-state index is 12.6. The highest BCUT2D eigenvalue weighted by Gasteiger charge is 2.15. The summed E-state index contributed by atoms with van der Waals surface area (Å²) in [5.41, 5.74) is 1.64. The molecule has 0 aliphatic heterocycles. The molecule has 0 radical (unpaired) electrons. The van der Waals surface area contributed by atoms with Crippen LogP contribution in [0.5, 0.6) is 5.75 Å². The number of benzene rings is 2. The molecule has 0 fully saturated rings. The van der Waals surface area contributed by atoms with E-state index in [9.17, 15) is 9.59 Å². The van der Waals surface area contributed by atoms with Crippen LogP contribution in [0.3, 0.4) is 0 Å². The lowest BCUT2D eigenvalue weighted by Crippen LogP contribution is -2.31. The maximum atomic E-state index is 12.6. The van der Waals surface area contributed by atoms with Gasteiger partial charge in [-0.3, -0.25) is 14.2 Å². The lowest BCUT2D eigenvalue weighted by Gasteiger charge is -2.13. The first-order valence-corrected chi connectivity index (χ1v) is 8.52. The third-order valence-electron chi connectivity index (χ3n) is 4.15. The van der Waals surface area contributed by atoms with Crippen LogP contribution in [0.15, 0.2) is 59.5 Å². The Labute approximate surface area is 161 Å². The Balaban J connectivity index is 1.92. The zero-order valence-electron chi connectivity index (χ0n) is 15.5. The second kappa shape index (κ2) is 8.18. The smallest absolute Gasteiger partial charge is 0.272 e. The summed E-state index contributed by atoms with van der Waals surface area (Å²) < 4.78 is 6.30. The summed E-state index contributed by atoms with van der Waals surface area (Å²) in [7, 11) is 1.56. The van der Waals surface area contributed by atoms with Crippen LogP contribution in [0.1, 0.15) is 11.1 Å². The molecular formula is C21H18N4O3. The number of aryl methyl sites for hydroxylation is 1. The number of carbonyl (C=O) groups excluding carboxylic acids is 1. The van der Waals surface area contributed by atoms with Crippen molar-refractivity contribution < 1.29 is 9.53 Å². The van der Waals surface area contributed by atoms with E-state index in [1.165, 1.54) is 10.8 Å². The Morgan fingerprint density at radius 3 is 2.46 bits per heavy atom. The summed E-state index contributed by atoms with van der Waals surface area (Å²) in [5.74, 6) is 0.591. The van der Waals surface area contributed by atoms with Gasteiger partial charge in [0.15, 0.2) is 0 Å². The Bertz CT molecular complexity index is 1090. The minimum Gasteiger partial charge on any atom is -0.497 e. The van der Waals surface area contributed by atoms with Crippen molar-refractivity contribution in [3.63, 3.8) is 0 Å². The van der Waals surface area contributed by atoms with Gasteiger partial charge >= 0.3 is 0 Å². The SMILES string of the molecule is COc1ccc(NC(=O)Cn2c(-c3ccc(C)cc3)ncc(C#N)c2=O)cc1. The van der Waals surface area contributed by atoms with Gasteiger partial charge < -0.3 is 10.1 Å². The fourth-order valence-electron chi connectivity index (χ4n) is 2.67. The van der Waals surface area contributed by atoms with Gasteiger partial charge in [0.1, 0.15) is 29.8 Å². The van der Waals surface area contributed by atoms with Gasteiger partial charge in [-0.2, -0.15) is 5.26 Å². The van der Waals surface area contributed by atoms with Crippen LogP contribution >= 0.6 is 0 Å². The molecule has 2 aromatic carbocycles. The number of nitrogens with one attached hydrogen (secondary N) is 1. The molecule has 7 nitrogen and oxygen atoms in total. The fraction of sp³-hybridized carbons (Fsp3) is 0.143. The van der Waals surface area contributed by atoms with Crippen LogP contribution in [0.4, 0.5) is 5.69 Å². The standard InChI is InChI=1S/C21H18N4O3/c1-14-3-5-15(6-4-14)20-23-12-16(11-22)21(27)25(20)13-19(26)24-17-7-9-18(28-2)10-8-17/h3-10,12H,13H2,1-2H3,(H,24,26). The molecule has 0 atom stereocenters. The minimum atomic E-state index is -0.557. The van der Waals surface area contributed by atoms with Gasteiger partial charge in [-0.15, -0.1) is 0 Å². The maximum Gasteiger partial charge on any atom is 0.272 e. The zero-order chi connectivity index (χ0) is 20.1. The van der Waals surface area contributed by atoms with Gasteiger partial charge in [0.2, 0.25) is 5.91 Å². The number of aromatic nitrogens is 2. The van der Waals surface area contributed by atoms with Crippen molar-refractivity contribution in [2.75, 3.05) is 12.4 Å². The highest BCUT2D eigenvalue weighted by Crippen LogP contribution is 2.18. The van der Waals surface area contributed by atoms with Crippen molar-refractivity contribution in [3.8, 4) is 23.2 Å². The normalized spacial score (nSPS) is 10.2. The molecule has 0 saturated carbocycles. The van der Waals surface area contributed by atoms with Crippen molar-refractivity contribution in [2.45, 2.75) is 13.5 Å². The highest BCUT2D eigenvalue weighted by atomic mass is 16.5. The molecule has 0 aliphatic rings. The van der Waals surface area contributed by atoms with Gasteiger partial charge in [0.25, 0.3) is 5.56 Å². The summed E-state index contributed by atoms with van der Waals surface area (Å²) in [5, 5.41) is 11.9. The Kier molecular flexibility index (Phi) is 5.51. The molecule has 0 bridgehead atoms. The number of nitrogens with zero attached hydrogens (tertiary/aromatic N) is 3. The van der Waals surface area contributed by atoms with E-state index in [0.717, 1.165) is 5.56 Å². The first-order valence-electron chi connectivity index (χ1n) is 8.52. The first-order chi connectivity index (χ1) is 13.5. The summed E-state index contributed by atoms with van der Waals surface area (Å²) in [6.45, 7) is 1.68. The molecular weight excluding hydrogens is 356 g/mol. The molecule has 3 aromatic rings. The first kappa shape index (κ1) is 18.9. The molecule has 140 valence electrons. The molecule has 3 rings (SSSR count). The van der Waals surface area contributed by atoms with Gasteiger partial charge in [0, 0.05) is 11.3 Å². The minimum absolute atomic E-state index is 0.117. The van der Waals surface area contributed by atoms with Crippen molar-refractivity contribution in [1.29, 1.82) is 5.26 Å². The second-order valence-corrected chi connectivity index (χ2v) is 6.14. The third kappa shape index (κ3) is 4.07. The van der Waals surface area contributed by atoms with E-state index in [1.807, 2.05) is 37.3 Å². The number of hydrogen-bond acceptors (Lipinski definition) is 5. The van der Waals surface area contributed by atoms with E-state index in [2.05, 4.69) is 10.3 Å². The number of anilines is 1. The number of ether oxygens (including phenoxy) is 1. The van der Waals surface area contributed by atoms with Crippen molar-refractivity contribution in [2.24, 2.45) is 0 Å². The monoisotopic (exact) mass is 374 g/mol. The average molecular weight is 374 g/mol. The Hall–Kier alpha value is -3.92. The Morgan fingerprint density at radius 1 is 1.18 bits per heavy atom. The van der Waals surface area contributed by atoms with E-state index in [0.29, 0.717) is 22.8 Å². The topological polar surface area (TPSA) is 97.0 Å². The van der Waals surface area contributed by atoms with Crippen molar-refractivity contribution >= 4 is 11.6 Å². The molecule has 0 saturated heterocycles. The third-order valence-corrected chi connectivity index (χ3v) is 4.15. The number of methoxy groups -OCH3 is 1. The molecule has 28 heavy (non-hydrogen) atoms. The molecule has 7 heteroatoms. The molecule has 1 heterocycles. The van der Waals surface area contributed by atoms with E-state index >= 15 is 0 Å². The van der Waals surface area contributed by atoms with Gasteiger partial charge in [-0.05, 0) is 31.2 Å². The molecule has 0 unspecified atom stereocenters. The predicted octanol–water partition coefficient (Wildman–Crippen LogP) is 2.74. The number of amides is 1. The lowest BCUT2D eigenvalue weighted by atomic mass is 10.1. The van der Waals surface area contributed by atoms with Crippen LogP contribution in [-0.4, -0.2) is 22.6 Å². The number of nitriles is 1. The summed E-state index contributed by atoms with van der Waals surface area (Å²) in [6, 6.07) is 16.1. The zero-order valence-corrected chi connectivity index (χ0v) is 15.5. The van der Waals surface area contributed by atoms with Crippen molar-refractivity contribution in [3.05, 3.63) is 76.2 Å². The van der Waals surface area contributed by atoms with Gasteiger partial charge in [0.05, 0.1) is 13.3 Å². The van der Waals surface area contributed by atoms with Crippen LogP contribution in [0.2, 0.25) is 0 Å². The number of rotatable bonds is 5. The van der Waals surface area contributed by atoms with E-state index in [1.54, 1.807) is 31.4 Å². The molecule has 0 aliphatic carbocycles. The predicted molar refractivity (Wildman–Crippen MR) is 105 cm³/mol. The average Bonchev–Trinajstić information content (AvgIpc) is 2.71. The van der Waals surface area contributed by atoms with E-state index in [4.69, 9.17) is 10.00 Å². The highest BCUT2D eigenvalue weighted by molar-refractivity contribution is 5.90. The largest absolute Gasteiger partial charge is 0.497 e. The fourth-order valence-corrected chi connectivity index (χ4v) is 2.67.